The third-order valence-electron chi connectivity index (χ3n) is 4.88. The van der Waals surface area contributed by atoms with Crippen molar-refractivity contribution in [2.75, 3.05) is 40.0 Å². The number of nitrogens with zero attached hydrogens (tertiary/aromatic N) is 1. The highest BCUT2D eigenvalue weighted by Crippen LogP contribution is 2.25. The predicted octanol–water partition coefficient (Wildman–Crippen LogP) is 3.37. The van der Waals surface area contributed by atoms with Crippen molar-refractivity contribution in [2.45, 2.75) is 23.1 Å². The Morgan fingerprint density at radius 1 is 1.14 bits per heavy atom. The van der Waals surface area contributed by atoms with Crippen molar-refractivity contribution in [1.29, 1.82) is 0 Å². The van der Waals surface area contributed by atoms with E-state index < -0.39 is 0 Å². The molecule has 3 rings (SSSR count). The molecule has 1 aliphatic rings. The van der Waals surface area contributed by atoms with Gasteiger partial charge in [0.1, 0.15) is 5.75 Å². The first kappa shape index (κ1) is 20.7. The maximum atomic E-state index is 12.7. The Balaban J connectivity index is 1.63. The molecule has 0 saturated carbocycles. The second-order valence-corrected chi connectivity index (χ2v) is 8.17. The van der Waals surface area contributed by atoms with Gasteiger partial charge in [0.2, 0.25) is 5.91 Å². The fourth-order valence-electron chi connectivity index (χ4n) is 3.27. The average Bonchev–Trinajstić information content (AvgIpc) is 2.75. The lowest BCUT2D eigenvalue weighted by Gasteiger charge is -2.35. The van der Waals surface area contributed by atoms with Crippen LogP contribution in [0.4, 0.5) is 0 Å². The van der Waals surface area contributed by atoms with Gasteiger partial charge < -0.3 is 14.8 Å². The van der Waals surface area contributed by atoms with Crippen LogP contribution in [-0.4, -0.2) is 56.0 Å². The minimum absolute atomic E-state index is 0.0561. The number of thioether (sulfide) groups is 1. The summed E-state index contributed by atoms with van der Waals surface area (Å²) in [7, 11) is 1.67. The molecule has 2 aromatic rings. The molecule has 2 unspecified atom stereocenters. The smallest absolute Gasteiger partial charge is 0.233 e. The fraction of sp³-hybridized carbons (Fsp3) is 0.409. The van der Waals surface area contributed by atoms with Crippen LogP contribution in [0, 0.1) is 0 Å². The molecular weight excluding hydrogens is 372 g/mol. The first-order chi connectivity index (χ1) is 13.7. The third-order valence-corrected chi connectivity index (χ3v) is 5.99. The van der Waals surface area contributed by atoms with Crippen LogP contribution in [0.5, 0.6) is 5.75 Å². The predicted molar refractivity (Wildman–Crippen MR) is 113 cm³/mol. The average molecular weight is 401 g/mol. The van der Waals surface area contributed by atoms with Crippen LogP contribution in [-0.2, 0) is 9.53 Å². The molecule has 6 heteroatoms. The number of carbonyl (C=O) groups is 1. The zero-order valence-corrected chi connectivity index (χ0v) is 17.3. The zero-order chi connectivity index (χ0) is 19.8. The molecule has 1 amide bonds. The quantitative estimate of drug-likeness (QED) is 0.689. The second kappa shape index (κ2) is 10.5. The summed E-state index contributed by atoms with van der Waals surface area (Å²) in [5, 5.41) is 3.00. The van der Waals surface area contributed by atoms with Crippen LogP contribution >= 0.6 is 11.8 Å². The van der Waals surface area contributed by atoms with E-state index in [2.05, 4.69) is 22.3 Å². The highest BCUT2D eigenvalue weighted by atomic mass is 32.2. The maximum absolute atomic E-state index is 12.7. The number of hydrogen-bond acceptors (Lipinski definition) is 5. The first-order valence-corrected chi connectivity index (χ1v) is 10.5. The summed E-state index contributed by atoms with van der Waals surface area (Å²) in [4.78, 5) is 16.1. The number of ether oxygens (including phenoxy) is 2. The van der Waals surface area contributed by atoms with Gasteiger partial charge >= 0.3 is 0 Å². The monoisotopic (exact) mass is 400 g/mol. The van der Waals surface area contributed by atoms with Crippen LogP contribution in [0.3, 0.4) is 0 Å². The Bertz CT molecular complexity index is 733. The van der Waals surface area contributed by atoms with Crippen molar-refractivity contribution in [3.63, 3.8) is 0 Å². The minimum atomic E-state index is -0.149. The van der Waals surface area contributed by atoms with Crippen LogP contribution in [0.1, 0.15) is 18.5 Å². The van der Waals surface area contributed by atoms with Crippen LogP contribution in [0.25, 0.3) is 0 Å². The summed E-state index contributed by atoms with van der Waals surface area (Å²) in [6.45, 7) is 5.69. The lowest BCUT2D eigenvalue weighted by atomic mass is 10.0. The van der Waals surface area contributed by atoms with E-state index in [4.69, 9.17) is 9.47 Å². The van der Waals surface area contributed by atoms with Crippen LogP contribution in [0.15, 0.2) is 59.5 Å². The van der Waals surface area contributed by atoms with E-state index in [-0.39, 0.29) is 17.2 Å². The Kier molecular flexibility index (Phi) is 7.77. The van der Waals surface area contributed by atoms with Gasteiger partial charge in [-0.1, -0.05) is 30.3 Å². The molecule has 0 bridgehead atoms. The van der Waals surface area contributed by atoms with Gasteiger partial charge in [0.25, 0.3) is 0 Å². The van der Waals surface area contributed by atoms with Gasteiger partial charge in [0.15, 0.2) is 0 Å². The van der Waals surface area contributed by atoms with E-state index in [1.807, 2.05) is 49.4 Å². The van der Waals surface area contributed by atoms with Crippen LogP contribution < -0.4 is 10.1 Å². The number of nitrogens with one attached hydrogen (secondary N) is 1. The summed E-state index contributed by atoms with van der Waals surface area (Å²) >= 11 is 1.58. The normalized spacial score (nSPS) is 16.9. The molecule has 2 atom stereocenters. The molecule has 1 aliphatic heterocycles. The number of methoxy groups -OCH3 is 1. The summed E-state index contributed by atoms with van der Waals surface area (Å²) < 4.78 is 10.8. The molecular formula is C22H28N2O3S. The van der Waals surface area contributed by atoms with Gasteiger partial charge in [-0.15, -0.1) is 11.8 Å². The molecule has 28 heavy (non-hydrogen) atoms. The van der Waals surface area contributed by atoms with Gasteiger partial charge in [-0.05, 0) is 36.8 Å². The number of hydrogen-bond donors (Lipinski definition) is 1. The lowest BCUT2D eigenvalue weighted by Crippen LogP contribution is -2.44. The zero-order valence-electron chi connectivity index (χ0n) is 16.5. The van der Waals surface area contributed by atoms with Gasteiger partial charge in [0, 0.05) is 24.5 Å². The second-order valence-electron chi connectivity index (χ2n) is 6.76. The molecule has 1 N–H and O–H groups in total. The topological polar surface area (TPSA) is 50.8 Å². The molecule has 1 heterocycles. The molecule has 5 nitrogen and oxygen atoms in total. The Labute approximate surface area is 171 Å². The highest BCUT2D eigenvalue weighted by Gasteiger charge is 2.24. The molecule has 1 fully saturated rings. The van der Waals surface area contributed by atoms with E-state index in [0.29, 0.717) is 6.54 Å². The van der Waals surface area contributed by atoms with Crippen molar-refractivity contribution in [1.82, 2.24) is 10.2 Å². The Morgan fingerprint density at radius 3 is 2.46 bits per heavy atom. The van der Waals surface area contributed by atoms with Crippen molar-refractivity contribution < 1.29 is 14.3 Å². The molecule has 0 aliphatic carbocycles. The Hall–Kier alpha value is -2.02. The molecule has 1 saturated heterocycles. The number of benzene rings is 2. The SMILES string of the molecule is COc1ccc(C(CNC(=O)C(C)Sc2ccccc2)N2CCOCC2)cc1. The molecule has 0 radical (unpaired) electrons. The largest absolute Gasteiger partial charge is 0.497 e. The first-order valence-electron chi connectivity index (χ1n) is 9.62. The highest BCUT2D eigenvalue weighted by molar-refractivity contribution is 8.00. The summed E-state index contributed by atoms with van der Waals surface area (Å²) in [5.41, 5.74) is 1.17. The molecule has 0 spiro atoms. The van der Waals surface area contributed by atoms with Gasteiger partial charge in [-0.25, -0.2) is 0 Å². The number of morpholine rings is 1. The van der Waals surface area contributed by atoms with E-state index in [1.54, 1.807) is 18.9 Å². The van der Waals surface area contributed by atoms with Crippen molar-refractivity contribution in [3.8, 4) is 5.75 Å². The minimum Gasteiger partial charge on any atom is -0.497 e. The fourth-order valence-corrected chi connectivity index (χ4v) is 4.18. The third kappa shape index (κ3) is 5.74. The van der Waals surface area contributed by atoms with E-state index in [0.717, 1.165) is 36.9 Å². The maximum Gasteiger partial charge on any atom is 0.233 e. The van der Waals surface area contributed by atoms with E-state index >= 15 is 0 Å². The van der Waals surface area contributed by atoms with Crippen molar-refractivity contribution in [3.05, 3.63) is 60.2 Å². The van der Waals surface area contributed by atoms with Gasteiger partial charge in [-0.3, -0.25) is 9.69 Å². The summed E-state index contributed by atoms with van der Waals surface area (Å²) in [6.07, 6.45) is 0. The van der Waals surface area contributed by atoms with E-state index in [9.17, 15) is 4.79 Å². The standard InChI is InChI=1S/C22H28N2O3S/c1-17(28-20-6-4-3-5-7-20)22(25)23-16-21(24-12-14-27-15-13-24)18-8-10-19(26-2)11-9-18/h3-11,17,21H,12-16H2,1-2H3,(H,23,25). The van der Waals surface area contributed by atoms with Gasteiger partial charge in [-0.2, -0.15) is 0 Å². The lowest BCUT2D eigenvalue weighted by molar-refractivity contribution is -0.120. The van der Waals surface area contributed by atoms with Gasteiger partial charge in [0.05, 0.1) is 31.6 Å². The van der Waals surface area contributed by atoms with Crippen LogP contribution in [0.2, 0.25) is 0 Å². The Morgan fingerprint density at radius 2 is 1.82 bits per heavy atom. The van der Waals surface area contributed by atoms with Crippen molar-refractivity contribution >= 4 is 17.7 Å². The molecule has 150 valence electrons. The number of carbonyl (C=O) groups excluding carboxylic acids is 1. The summed E-state index contributed by atoms with van der Waals surface area (Å²) in [5.74, 6) is 0.891. The number of rotatable bonds is 8. The van der Waals surface area contributed by atoms with Crippen molar-refractivity contribution in [2.24, 2.45) is 0 Å². The van der Waals surface area contributed by atoms with E-state index in [1.165, 1.54) is 5.56 Å². The molecule has 2 aromatic carbocycles. The summed E-state index contributed by atoms with van der Waals surface area (Å²) in [6, 6.07) is 18.2. The number of amides is 1. The molecule has 0 aromatic heterocycles.